The number of hydrogen-bond acceptors (Lipinski definition) is 5. The van der Waals surface area contributed by atoms with E-state index in [0.29, 0.717) is 35.5 Å². The molecule has 1 amide bonds. The van der Waals surface area contributed by atoms with Crippen LogP contribution in [0, 0.1) is 0 Å². The molecule has 0 spiro atoms. The molecule has 0 aliphatic carbocycles. The minimum Gasteiger partial charge on any atom is -0.348 e. The van der Waals surface area contributed by atoms with Gasteiger partial charge in [0, 0.05) is 54.2 Å². The lowest BCUT2D eigenvalue weighted by atomic mass is 10.1. The van der Waals surface area contributed by atoms with Crippen LogP contribution in [0.3, 0.4) is 0 Å². The number of nitrogens with zero attached hydrogens (tertiary/aromatic N) is 2. The van der Waals surface area contributed by atoms with Crippen molar-refractivity contribution in [1.82, 2.24) is 14.6 Å². The van der Waals surface area contributed by atoms with E-state index in [1.54, 1.807) is 36.7 Å². The molecule has 1 atom stereocenters. The highest BCUT2D eigenvalue weighted by Crippen LogP contribution is 2.28. The number of halogens is 1. The van der Waals surface area contributed by atoms with Crippen molar-refractivity contribution in [1.29, 1.82) is 0 Å². The summed E-state index contributed by atoms with van der Waals surface area (Å²) in [5.41, 5.74) is 6.60. The Morgan fingerprint density at radius 1 is 1.30 bits per heavy atom. The van der Waals surface area contributed by atoms with E-state index < -0.39 is 10.0 Å². The number of aromatic nitrogens is 1. The fourth-order valence-electron chi connectivity index (χ4n) is 3.17. The van der Waals surface area contributed by atoms with Crippen molar-refractivity contribution < 1.29 is 13.2 Å². The van der Waals surface area contributed by atoms with Gasteiger partial charge in [0.05, 0.1) is 4.90 Å². The van der Waals surface area contributed by atoms with E-state index in [-0.39, 0.29) is 29.9 Å². The number of rotatable bonds is 5. The third kappa shape index (κ3) is 4.30. The molecular formula is C18H21ClN4O3S. The molecule has 3 N–H and O–H groups in total. The van der Waals surface area contributed by atoms with Gasteiger partial charge in [0.2, 0.25) is 10.0 Å². The predicted octanol–water partition coefficient (Wildman–Crippen LogP) is 1.78. The minimum atomic E-state index is -3.75. The van der Waals surface area contributed by atoms with Crippen molar-refractivity contribution in [3.8, 4) is 0 Å². The third-order valence-electron chi connectivity index (χ3n) is 4.56. The minimum absolute atomic E-state index is 0.0320. The van der Waals surface area contributed by atoms with E-state index in [1.165, 1.54) is 10.4 Å². The summed E-state index contributed by atoms with van der Waals surface area (Å²) in [6.07, 6.45) is 4.45. The summed E-state index contributed by atoms with van der Waals surface area (Å²) in [7, 11) is -3.75. The number of nitrogens with one attached hydrogen (secondary N) is 1. The van der Waals surface area contributed by atoms with E-state index >= 15 is 0 Å². The van der Waals surface area contributed by atoms with Gasteiger partial charge < -0.3 is 11.1 Å². The van der Waals surface area contributed by atoms with Crippen LogP contribution in [-0.4, -0.2) is 42.7 Å². The quantitative estimate of drug-likeness (QED) is 0.784. The van der Waals surface area contributed by atoms with Gasteiger partial charge in [-0.05, 0) is 37.1 Å². The number of amides is 1. The van der Waals surface area contributed by atoms with E-state index in [4.69, 9.17) is 17.3 Å². The van der Waals surface area contributed by atoms with Gasteiger partial charge in [0.25, 0.3) is 5.91 Å². The van der Waals surface area contributed by atoms with Crippen molar-refractivity contribution in [2.45, 2.75) is 30.3 Å². The first-order valence-electron chi connectivity index (χ1n) is 8.62. The summed E-state index contributed by atoms with van der Waals surface area (Å²) < 4.78 is 27.6. The van der Waals surface area contributed by atoms with Crippen molar-refractivity contribution in [3.63, 3.8) is 0 Å². The normalized spacial score (nSPS) is 18.2. The van der Waals surface area contributed by atoms with Crippen molar-refractivity contribution in [3.05, 3.63) is 58.9 Å². The van der Waals surface area contributed by atoms with E-state index in [2.05, 4.69) is 10.3 Å². The maximum absolute atomic E-state index is 13.1. The number of carbonyl (C=O) groups is 1. The number of sulfonamides is 1. The molecule has 0 radical (unpaired) electrons. The second-order valence-corrected chi connectivity index (χ2v) is 8.65. The number of hydrogen-bond donors (Lipinski definition) is 2. The highest BCUT2D eigenvalue weighted by Gasteiger charge is 2.32. The Morgan fingerprint density at radius 3 is 2.74 bits per heavy atom. The van der Waals surface area contributed by atoms with Crippen LogP contribution in [0.2, 0.25) is 5.02 Å². The summed E-state index contributed by atoms with van der Waals surface area (Å²) in [6.45, 7) is 0.625. The van der Waals surface area contributed by atoms with Gasteiger partial charge in [-0.1, -0.05) is 17.7 Å². The Kier molecular flexibility index (Phi) is 6.11. The molecule has 1 aromatic carbocycles. The van der Waals surface area contributed by atoms with Crippen molar-refractivity contribution in [2.24, 2.45) is 5.73 Å². The summed E-state index contributed by atoms with van der Waals surface area (Å²) in [5.74, 6) is -0.243. The Balaban J connectivity index is 1.78. The lowest BCUT2D eigenvalue weighted by Gasteiger charge is -2.32. The zero-order valence-electron chi connectivity index (χ0n) is 14.6. The SMILES string of the molecule is NCc1c(Cl)cccc1S(=O)(=O)N1CCC[C@H](NC(=O)c2ccncc2)C1. The molecule has 2 heterocycles. The van der Waals surface area contributed by atoms with E-state index in [1.807, 2.05) is 0 Å². The Hall–Kier alpha value is -2.00. The maximum atomic E-state index is 13.1. The van der Waals surface area contributed by atoms with Crippen LogP contribution in [0.25, 0.3) is 0 Å². The second kappa shape index (κ2) is 8.35. The molecule has 0 unspecified atom stereocenters. The van der Waals surface area contributed by atoms with Crippen molar-refractivity contribution in [2.75, 3.05) is 13.1 Å². The van der Waals surface area contributed by atoms with Gasteiger partial charge in [0.15, 0.2) is 0 Å². The van der Waals surface area contributed by atoms with Crippen LogP contribution in [0.4, 0.5) is 0 Å². The zero-order chi connectivity index (χ0) is 19.4. The average molecular weight is 409 g/mol. The lowest BCUT2D eigenvalue weighted by Crippen LogP contribution is -2.49. The standard InChI is InChI=1S/C18H21ClN4O3S/c19-16-4-1-5-17(15(16)11-20)27(25,26)23-10-2-3-14(12-23)22-18(24)13-6-8-21-9-7-13/h1,4-9,14H,2-3,10-12,20H2,(H,22,24)/t14-/m0/s1. The summed E-state index contributed by atoms with van der Waals surface area (Å²) >= 11 is 6.11. The fourth-order valence-corrected chi connectivity index (χ4v) is 5.26. The van der Waals surface area contributed by atoms with Gasteiger partial charge >= 0.3 is 0 Å². The smallest absolute Gasteiger partial charge is 0.251 e. The van der Waals surface area contributed by atoms with Crippen LogP contribution in [0.15, 0.2) is 47.6 Å². The van der Waals surface area contributed by atoms with Gasteiger partial charge in [-0.15, -0.1) is 0 Å². The molecule has 9 heteroatoms. The molecule has 144 valence electrons. The first kappa shape index (κ1) is 19.8. The van der Waals surface area contributed by atoms with Crippen LogP contribution < -0.4 is 11.1 Å². The second-order valence-electron chi connectivity index (χ2n) is 6.33. The largest absolute Gasteiger partial charge is 0.348 e. The number of pyridine rings is 1. The Labute approximate surface area is 163 Å². The number of piperidine rings is 1. The van der Waals surface area contributed by atoms with Gasteiger partial charge in [-0.3, -0.25) is 9.78 Å². The average Bonchev–Trinajstić information content (AvgIpc) is 2.68. The monoisotopic (exact) mass is 408 g/mol. The molecule has 1 aliphatic heterocycles. The number of benzene rings is 1. The topological polar surface area (TPSA) is 105 Å². The predicted molar refractivity (Wildman–Crippen MR) is 103 cm³/mol. The molecule has 0 saturated carbocycles. The van der Waals surface area contributed by atoms with Crippen LogP contribution >= 0.6 is 11.6 Å². The number of carbonyl (C=O) groups excluding carboxylic acids is 1. The van der Waals surface area contributed by atoms with Gasteiger partial charge in [-0.2, -0.15) is 4.31 Å². The molecule has 1 fully saturated rings. The Morgan fingerprint density at radius 2 is 2.04 bits per heavy atom. The molecule has 27 heavy (non-hydrogen) atoms. The Bertz CT molecular complexity index is 921. The summed E-state index contributed by atoms with van der Waals surface area (Å²) in [4.78, 5) is 16.4. The molecule has 3 rings (SSSR count). The maximum Gasteiger partial charge on any atom is 0.251 e. The molecule has 2 aromatic rings. The molecule has 1 saturated heterocycles. The van der Waals surface area contributed by atoms with E-state index in [0.717, 1.165) is 0 Å². The van der Waals surface area contributed by atoms with Gasteiger partial charge in [0.1, 0.15) is 0 Å². The van der Waals surface area contributed by atoms with E-state index in [9.17, 15) is 13.2 Å². The highest BCUT2D eigenvalue weighted by molar-refractivity contribution is 7.89. The highest BCUT2D eigenvalue weighted by atomic mass is 35.5. The van der Waals surface area contributed by atoms with Crippen molar-refractivity contribution >= 4 is 27.5 Å². The lowest BCUT2D eigenvalue weighted by molar-refractivity contribution is 0.0921. The summed E-state index contributed by atoms with van der Waals surface area (Å²) in [5, 5.41) is 3.24. The zero-order valence-corrected chi connectivity index (χ0v) is 16.2. The molecule has 1 aliphatic rings. The molecule has 1 aromatic heterocycles. The first-order valence-corrected chi connectivity index (χ1v) is 10.4. The third-order valence-corrected chi connectivity index (χ3v) is 6.86. The molecular weight excluding hydrogens is 388 g/mol. The van der Waals surface area contributed by atoms with Crippen LogP contribution in [0.1, 0.15) is 28.8 Å². The molecule has 0 bridgehead atoms. The number of nitrogens with two attached hydrogens (primary N) is 1. The summed E-state index contributed by atoms with van der Waals surface area (Å²) in [6, 6.07) is 7.70. The first-order chi connectivity index (χ1) is 12.9. The molecule has 7 nitrogen and oxygen atoms in total. The fraction of sp³-hybridized carbons (Fsp3) is 0.333. The van der Waals surface area contributed by atoms with Crippen LogP contribution in [0.5, 0.6) is 0 Å². The van der Waals surface area contributed by atoms with Gasteiger partial charge in [-0.25, -0.2) is 8.42 Å². The van der Waals surface area contributed by atoms with Crippen LogP contribution in [-0.2, 0) is 16.6 Å².